The third kappa shape index (κ3) is 2.35. The van der Waals surface area contributed by atoms with Gasteiger partial charge < -0.3 is 15.8 Å². The predicted octanol–water partition coefficient (Wildman–Crippen LogP) is 2.42. The Morgan fingerprint density at radius 1 is 1.37 bits per heavy atom. The minimum absolute atomic E-state index is 0.00787. The van der Waals surface area contributed by atoms with Gasteiger partial charge in [-0.3, -0.25) is 0 Å². The molecule has 4 bridgehead atoms. The van der Waals surface area contributed by atoms with Crippen LogP contribution in [-0.2, 0) is 4.74 Å². The van der Waals surface area contributed by atoms with Crippen LogP contribution in [0.1, 0.15) is 51.9 Å². The number of carbonyl (C=O) groups excluding carboxylic acids is 1. The molecule has 0 aromatic carbocycles. The summed E-state index contributed by atoms with van der Waals surface area (Å²) in [6.07, 6.45) is 8.20. The van der Waals surface area contributed by atoms with Crippen molar-refractivity contribution in [3.63, 3.8) is 0 Å². The molecule has 3 unspecified atom stereocenters. The maximum absolute atomic E-state index is 11.7. The lowest BCUT2D eigenvalue weighted by molar-refractivity contribution is -0.0848. The summed E-state index contributed by atoms with van der Waals surface area (Å²) in [5.41, 5.74) is 6.44. The Bertz CT molecular complexity index is 361. The first-order valence-electron chi connectivity index (χ1n) is 7.56. The summed E-state index contributed by atoms with van der Waals surface area (Å²) < 4.78 is 4.83. The minimum Gasteiger partial charge on any atom is -0.453 e. The normalized spacial score (nSPS) is 45.0. The van der Waals surface area contributed by atoms with E-state index in [0.717, 1.165) is 37.5 Å². The third-order valence-electron chi connectivity index (χ3n) is 5.49. The predicted molar refractivity (Wildman–Crippen MR) is 73.7 cm³/mol. The van der Waals surface area contributed by atoms with E-state index in [4.69, 9.17) is 10.5 Å². The van der Waals surface area contributed by atoms with Gasteiger partial charge in [-0.05, 0) is 69.1 Å². The van der Waals surface area contributed by atoms with E-state index < -0.39 is 0 Å². The molecule has 0 saturated heterocycles. The molecule has 0 aromatic heterocycles. The van der Waals surface area contributed by atoms with Crippen molar-refractivity contribution in [3.05, 3.63) is 0 Å². The van der Waals surface area contributed by atoms with Crippen LogP contribution in [0.3, 0.4) is 0 Å². The smallest absolute Gasteiger partial charge is 0.407 e. The van der Waals surface area contributed by atoms with Gasteiger partial charge in [0.1, 0.15) is 0 Å². The Labute approximate surface area is 115 Å². The molecule has 108 valence electrons. The molecule has 1 amide bonds. The van der Waals surface area contributed by atoms with Crippen molar-refractivity contribution in [3.8, 4) is 0 Å². The molecule has 0 aromatic rings. The van der Waals surface area contributed by atoms with Gasteiger partial charge in [0.2, 0.25) is 0 Å². The van der Waals surface area contributed by atoms with Crippen LogP contribution in [0, 0.1) is 17.3 Å². The quantitative estimate of drug-likeness (QED) is 0.824. The van der Waals surface area contributed by atoms with Crippen LogP contribution in [0.15, 0.2) is 0 Å². The number of nitrogens with one attached hydrogen (secondary N) is 1. The Morgan fingerprint density at radius 3 is 2.53 bits per heavy atom. The van der Waals surface area contributed by atoms with Crippen molar-refractivity contribution >= 4 is 6.09 Å². The number of nitrogens with two attached hydrogens (primary N) is 1. The van der Waals surface area contributed by atoms with Crippen molar-refractivity contribution in [2.75, 3.05) is 7.11 Å². The second-order valence-electron chi connectivity index (χ2n) is 7.54. The van der Waals surface area contributed by atoms with Gasteiger partial charge in [-0.2, -0.15) is 0 Å². The number of ether oxygens (including phenoxy) is 1. The van der Waals surface area contributed by atoms with Gasteiger partial charge in [0.25, 0.3) is 0 Å². The molecule has 0 spiro atoms. The highest BCUT2D eigenvalue weighted by Gasteiger charge is 2.58. The lowest BCUT2D eigenvalue weighted by atomic mass is 9.46. The number of methoxy groups -OCH3 is 1. The third-order valence-corrected chi connectivity index (χ3v) is 5.49. The van der Waals surface area contributed by atoms with Crippen LogP contribution in [0.5, 0.6) is 0 Å². The van der Waals surface area contributed by atoms with E-state index in [1.807, 2.05) is 0 Å². The van der Waals surface area contributed by atoms with Gasteiger partial charge in [-0.1, -0.05) is 0 Å². The molecule has 4 heteroatoms. The fourth-order valence-corrected chi connectivity index (χ4v) is 5.79. The maximum atomic E-state index is 11.7. The first kappa shape index (κ1) is 13.2. The molecular weight excluding hydrogens is 240 g/mol. The van der Waals surface area contributed by atoms with E-state index in [-0.39, 0.29) is 17.7 Å². The molecule has 0 aliphatic heterocycles. The topological polar surface area (TPSA) is 64.3 Å². The van der Waals surface area contributed by atoms with E-state index in [2.05, 4.69) is 12.2 Å². The Kier molecular flexibility index (Phi) is 3.04. The van der Waals surface area contributed by atoms with E-state index >= 15 is 0 Å². The Morgan fingerprint density at radius 2 is 2.00 bits per heavy atom. The van der Waals surface area contributed by atoms with E-state index in [9.17, 15) is 4.79 Å². The summed E-state index contributed by atoms with van der Waals surface area (Å²) in [5, 5.41) is 3.17. The molecule has 3 atom stereocenters. The van der Waals surface area contributed by atoms with Crippen molar-refractivity contribution in [2.45, 2.75) is 63.5 Å². The van der Waals surface area contributed by atoms with Gasteiger partial charge >= 0.3 is 6.09 Å². The molecular formula is C15H26N2O2. The highest BCUT2D eigenvalue weighted by molar-refractivity contribution is 5.68. The number of hydrogen-bond donors (Lipinski definition) is 2. The maximum Gasteiger partial charge on any atom is 0.407 e. The number of hydrogen-bond acceptors (Lipinski definition) is 3. The average Bonchev–Trinajstić information content (AvgIpc) is 2.24. The van der Waals surface area contributed by atoms with Crippen LogP contribution in [0.25, 0.3) is 0 Å². The largest absolute Gasteiger partial charge is 0.453 e. The number of alkyl carbamates (subject to hydrolysis) is 1. The average molecular weight is 266 g/mol. The second-order valence-corrected chi connectivity index (χ2v) is 7.54. The van der Waals surface area contributed by atoms with Crippen molar-refractivity contribution < 1.29 is 9.53 Å². The SMILES string of the molecule is COC(=O)NC12CC3CC(CC(CC(C)N)(C3)C1)C2. The summed E-state index contributed by atoms with van der Waals surface area (Å²) >= 11 is 0. The molecule has 4 fully saturated rings. The highest BCUT2D eigenvalue weighted by Crippen LogP contribution is 2.63. The minimum atomic E-state index is -0.266. The molecule has 19 heavy (non-hydrogen) atoms. The van der Waals surface area contributed by atoms with Crippen molar-refractivity contribution in [2.24, 2.45) is 23.0 Å². The van der Waals surface area contributed by atoms with E-state index in [1.54, 1.807) is 0 Å². The van der Waals surface area contributed by atoms with Crippen molar-refractivity contribution in [1.82, 2.24) is 5.32 Å². The number of amides is 1. The molecule has 4 aliphatic rings. The highest BCUT2D eigenvalue weighted by atomic mass is 16.5. The summed E-state index contributed by atoms with van der Waals surface area (Å²) in [7, 11) is 1.45. The van der Waals surface area contributed by atoms with E-state index in [0.29, 0.717) is 5.41 Å². The van der Waals surface area contributed by atoms with Crippen LogP contribution in [0.2, 0.25) is 0 Å². The lowest BCUT2D eigenvalue weighted by Crippen LogP contribution is -2.63. The molecule has 3 N–H and O–H groups in total. The van der Waals surface area contributed by atoms with Gasteiger partial charge in [0.05, 0.1) is 7.11 Å². The van der Waals surface area contributed by atoms with Crippen LogP contribution < -0.4 is 11.1 Å². The summed E-state index contributed by atoms with van der Waals surface area (Å²) in [6, 6.07) is 0.256. The first-order valence-corrected chi connectivity index (χ1v) is 7.56. The van der Waals surface area contributed by atoms with Crippen molar-refractivity contribution in [1.29, 1.82) is 0 Å². The number of rotatable bonds is 3. The van der Waals surface area contributed by atoms with Gasteiger partial charge in [0.15, 0.2) is 0 Å². The van der Waals surface area contributed by atoms with Gasteiger partial charge in [-0.25, -0.2) is 4.79 Å². The molecule has 0 heterocycles. The standard InChI is InChI=1S/C15H26N2O2/c1-10(16)4-14-5-11-3-12(6-14)8-15(7-11,9-14)17-13(18)19-2/h10-12H,3-9,16H2,1-2H3,(H,17,18). The Balaban J connectivity index is 1.82. The number of carbonyl (C=O) groups is 1. The summed E-state index contributed by atoms with van der Waals surface area (Å²) in [4.78, 5) is 11.7. The lowest BCUT2D eigenvalue weighted by Gasteiger charge is -2.62. The fraction of sp³-hybridized carbons (Fsp3) is 0.933. The Hall–Kier alpha value is -0.770. The van der Waals surface area contributed by atoms with Gasteiger partial charge in [0, 0.05) is 11.6 Å². The molecule has 0 radical (unpaired) electrons. The summed E-state index contributed by atoms with van der Waals surface area (Å²) in [6.45, 7) is 2.11. The molecule has 4 aliphatic carbocycles. The first-order chi connectivity index (χ1) is 8.94. The van der Waals surface area contributed by atoms with Crippen LogP contribution >= 0.6 is 0 Å². The molecule has 4 rings (SSSR count). The van der Waals surface area contributed by atoms with Crippen LogP contribution in [-0.4, -0.2) is 24.8 Å². The summed E-state index contributed by atoms with van der Waals surface area (Å²) in [5.74, 6) is 1.55. The fourth-order valence-electron chi connectivity index (χ4n) is 5.79. The zero-order chi connectivity index (χ0) is 13.7. The second kappa shape index (κ2) is 4.37. The molecule has 4 saturated carbocycles. The zero-order valence-corrected chi connectivity index (χ0v) is 12.1. The van der Waals surface area contributed by atoms with Crippen LogP contribution in [0.4, 0.5) is 4.79 Å². The monoisotopic (exact) mass is 266 g/mol. The van der Waals surface area contributed by atoms with Gasteiger partial charge in [-0.15, -0.1) is 0 Å². The molecule has 4 nitrogen and oxygen atoms in total. The zero-order valence-electron chi connectivity index (χ0n) is 12.1. The van der Waals surface area contributed by atoms with E-state index in [1.165, 1.54) is 26.4 Å².